The highest BCUT2D eigenvalue weighted by Crippen LogP contribution is 2.35. The number of imidazole rings is 1. The first-order valence-electron chi connectivity index (χ1n) is 6.13. The maximum absolute atomic E-state index is 6.08. The van der Waals surface area contributed by atoms with Crippen LogP contribution in [0.5, 0.6) is 0 Å². The highest BCUT2D eigenvalue weighted by Gasteiger charge is 2.30. The fourth-order valence-corrected chi connectivity index (χ4v) is 3.41. The number of aromatic amines is 1. The molecule has 2 atom stereocenters. The molecule has 3 nitrogen and oxygen atoms in total. The van der Waals surface area contributed by atoms with E-state index < -0.39 is 0 Å². The van der Waals surface area contributed by atoms with E-state index in [2.05, 4.69) is 9.55 Å². The fraction of sp³-hybridized carbons (Fsp3) is 0.462. The van der Waals surface area contributed by atoms with Gasteiger partial charge in [0.25, 0.3) is 0 Å². The minimum absolute atomic E-state index is 0.245. The van der Waals surface area contributed by atoms with E-state index in [1.54, 1.807) is 7.11 Å². The SMILES string of the molecule is COC1CCCC1n1c(=S)[nH]c2ccc(Cl)cc21. The molecule has 2 aromatic rings. The van der Waals surface area contributed by atoms with E-state index >= 15 is 0 Å². The summed E-state index contributed by atoms with van der Waals surface area (Å²) in [4.78, 5) is 3.24. The Hall–Kier alpha value is -0.840. The second kappa shape index (κ2) is 4.68. The van der Waals surface area contributed by atoms with E-state index in [0.717, 1.165) is 33.7 Å². The Kier molecular flexibility index (Phi) is 3.18. The summed E-state index contributed by atoms with van der Waals surface area (Å²) in [6.45, 7) is 0. The molecule has 1 aliphatic carbocycles. The maximum atomic E-state index is 6.08. The van der Waals surface area contributed by atoms with Gasteiger partial charge in [-0.25, -0.2) is 0 Å². The molecule has 0 spiro atoms. The zero-order chi connectivity index (χ0) is 12.7. The van der Waals surface area contributed by atoms with Crippen LogP contribution in [-0.2, 0) is 4.74 Å². The van der Waals surface area contributed by atoms with E-state index in [4.69, 9.17) is 28.6 Å². The van der Waals surface area contributed by atoms with Crippen molar-refractivity contribution in [2.75, 3.05) is 7.11 Å². The number of methoxy groups -OCH3 is 1. The molecule has 1 saturated carbocycles. The highest BCUT2D eigenvalue weighted by molar-refractivity contribution is 7.71. The number of halogens is 1. The number of nitrogens with one attached hydrogen (secondary N) is 1. The Bertz CT molecular complexity index is 633. The van der Waals surface area contributed by atoms with Crippen molar-refractivity contribution in [2.45, 2.75) is 31.4 Å². The van der Waals surface area contributed by atoms with Crippen LogP contribution in [0.1, 0.15) is 25.3 Å². The molecule has 5 heteroatoms. The molecule has 2 unspecified atom stereocenters. The summed E-state index contributed by atoms with van der Waals surface area (Å²) in [5.74, 6) is 0. The van der Waals surface area contributed by atoms with E-state index in [9.17, 15) is 0 Å². The number of benzene rings is 1. The molecule has 0 amide bonds. The summed E-state index contributed by atoms with van der Waals surface area (Å²) in [5.41, 5.74) is 2.10. The van der Waals surface area contributed by atoms with Gasteiger partial charge in [-0.15, -0.1) is 0 Å². The number of nitrogens with zero attached hydrogens (tertiary/aromatic N) is 1. The van der Waals surface area contributed by atoms with Gasteiger partial charge in [-0.2, -0.15) is 0 Å². The standard InChI is InChI=1S/C13H15ClN2OS/c1-17-12-4-2-3-10(12)16-11-7-8(14)5-6-9(11)15-13(16)18/h5-7,10,12H,2-4H2,1H3,(H,15,18). The third-order valence-electron chi connectivity index (χ3n) is 3.73. The lowest BCUT2D eigenvalue weighted by molar-refractivity contribution is 0.0758. The summed E-state index contributed by atoms with van der Waals surface area (Å²) in [6.07, 6.45) is 3.62. The minimum atomic E-state index is 0.245. The Morgan fingerprint density at radius 1 is 1.44 bits per heavy atom. The largest absolute Gasteiger partial charge is 0.379 e. The van der Waals surface area contributed by atoms with Crippen LogP contribution >= 0.6 is 23.8 Å². The zero-order valence-electron chi connectivity index (χ0n) is 10.1. The number of rotatable bonds is 2. The Labute approximate surface area is 116 Å². The first-order valence-corrected chi connectivity index (χ1v) is 6.92. The minimum Gasteiger partial charge on any atom is -0.379 e. The van der Waals surface area contributed by atoms with Crippen LogP contribution in [0.3, 0.4) is 0 Å². The molecule has 96 valence electrons. The van der Waals surface area contributed by atoms with Crippen LogP contribution in [0.2, 0.25) is 5.02 Å². The third-order valence-corrected chi connectivity index (χ3v) is 4.27. The average Bonchev–Trinajstić information content (AvgIpc) is 2.91. The van der Waals surface area contributed by atoms with Gasteiger partial charge in [0.05, 0.1) is 23.2 Å². The monoisotopic (exact) mass is 282 g/mol. The molecule has 0 aliphatic heterocycles. The highest BCUT2D eigenvalue weighted by atomic mass is 35.5. The van der Waals surface area contributed by atoms with Gasteiger partial charge in [0.2, 0.25) is 0 Å². The van der Waals surface area contributed by atoms with Crippen LogP contribution in [-0.4, -0.2) is 22.8 Å². The average molecular weight is 283 g/mol. The molecule has 0 radical (unpaired) electrons. The second-order valence-corrected chi connectivity index (χ2v) is 5.56. The molecule has 1 heterocycles. The molecule has 1 fully saturated rings. The first-order chi connectivity index (χ1) is 8.70. The predicted molar refractivity (Wildman–Crippen MR) is 75.8 cm³/mol. The molecular weight excluding hydrogens is 268 g/mol. The van der Waals surface area contributed by atoms with E-state index in [0.29, 0.717) is 6.04 Å². The number of hydrogen-bond acceptors (Lipinski definition) is 2. The van der Waals surface area contributed by atoms with Gasteiger partial charge < -0.3 is 14.3 Å². The van der Waals surface area contributed by atoms with Crippen LogP contribution in [0.4, 0.5) is 0 Å². The number of fused-ring (bicyclic) bond motifs is 1. The number of aromatic nitrogens is 2. The summed E-state index contributed by atoms with van der Waals surface area (Å²) in [5, 5.41) is 0.734. The van der Waals surface area contributed by atoms with Crippen molar-refractivity contribution in [3.05, 3.63) is 28.0 Å². The normalized spacial score (nSPS) is 23.9. The van der Waals surface area contributed by atoms with Crippen molar-refractivity contribution in [3.63, 3.8) is 0 Å². The molecule has 1 aliphatic rings. The van der Waals surface area contributed by atoms with E-state index in [1.165, 1.54) is 6.42 Å². The van der Waals surface area contributed by atoms with Crippen molar-refractivity contribution >= 4 is 34.9 Å². The Balaban J connectivity index is 2.18. The van der Waals surface area contributed by atoms with Crippen LogP contribution in [0, 0.1) is 4.77 Å². The molecule has 1 N–H and O–H groups in total. The van der Waals surface area contributed by atoms with Gasteiger partial charge in [-0.05, 0) is 49.7 Å². The summed E-state index contributed by atoms with van der Waals surface area (Å²) in [7, 11) is 1.77. The van der Waals surface area contributed by atoms with Crippen LogP contribution < -0.4 is 0 Å². The van der Waals surface area contributed by atoms with Gasteiger partial charge in [-0.3, -0.25) is 0 Å². The molecule has 0 saturated heterocycles. The molecule has 0 bridgehead atoms. The molecule has 3 rings (SSSR count). The van der Waals surface area contributed by atoms with Crippen LogP contribution in [0.15, 0.2) is 18.2 Å². The van der Waals surface area contributed by atoms with Gasteiger partial charge in [0.15, 0.2) is 4.77 Å². The maximum Gasteiger partial charge on any atom is 0.178 e. The first kappa shape index (κ1) is 12.2. The third kappa shape index (κ3) is 1.88. The summed E-state index contributed by atoms with van der Waals surface area (Å²) in [6, 6.07) is 6.13. The Morgan fingerprint density at radius 3 is 3.06 bits per heavy atom. The number of H-pyrrole nitrogens is 1. The lowest BCUT2D eigenvalue weighted by Crippen LogP contribution is -2.20. The van der Waals surface area contributed by atoms with Crippen molar-refractivity contribution in [1.29, 1.82) is 0 Å². The smallest absolute Gasteiger partial charge is 0.178 e. The van der Waals surface area contributed by atoms with Crippen molar-refractivity contribution in [2.24, 2.45) is 0 Å². The molecule has 18 heavy (non-hydrogen) atoms. The predicted octanol–water partition coefficient (Wildman–Crippen LogP) is 4.09. The Morgan fingerprint density at radius 2 is 2.28 bits per heavy atom. The zero-order valence-corrected chi connectivity index (χ0v) is 11.7. The van der Waals surface area contributed by atoms with Gasteiger partial charge in [0, 0.05) is 12.1 Å². The summed E-state index contributed by atoms with van der Waals surface area (Å²) < 4.78 is 8.48. The van der Waals surface area contributed by atoms with Gasteiger partial charge in [-0.1, -0.05) is 11.6 Å². The van der Waals surface area contributed by atoms with E-state index in [-0.39, 0.29) is 6.10 Å². The van der Waals surface area contributed by atoms with Gasteiger partial charge in [0.1, 0.15) is 0 Å². The molecule has 1 aromatic carbocycles. The lowest BCUT2D eigenvalue weighted by atomic mass is 10.2. The number of ether oxygens (including phenoxy) is 1. The quantitative estimate of drug-likeness (QED) is 0.841. The van der Waals surface area contributed by atoms with Crippen LogP contribution in [0.25, 0.3) is 11.0 Å². The van der Waals surface area contributed by atoms with Crippen molar-refractivity contribution in [3.8, 4) is 0 Å². The molecule has 1 aromatic heterocycles. The summed E-state index contributed by atoms with van der Waals surface area (Å²) >= 11 is 11.5. The van der Waals surface area contributed by atoms with Crippen molar-refractivity contribution < 1.29 is 4.74 Å². The lowest BCUT2D eigenvalue weighted by Gasteiger charge is -2.20. The number of hydrogen-bond donors (Lipinski definition) is 1. The topological polar surface area (TPSA) is 29.9 Å². The second-order valence-electron chi connectivity index (χ2n) is 4.73. The fourth-order valence-electron chi connectivity index (χ4n) is 2.90. The van der Waals surface area contributed by atoms with Crippen molar-refractivity contribution in [1.82, 2.24) is 9.55 Å². The molecular formula is C13H15ClN2OS. The van der Waals surface area contributed by atoms with Gasteiger partial charge >= 0.3 is 0 Å². The van der Waals surface area contributed by atoms with E-state index in [1.807, 2.05) is 18.2 Å².